The minimum atomic E-state index is -3.13. The third-order valence-electron chi connectivity index (χ3n) is 3.16. The summed E-state index contributed by atoms with van der Waals surface area (Å²) in [6.45, 7) is -0.700. The summed E-state index contributed by atoms with van der Waals surface area (Å²) < 4.78 is 21.8. The fourth-order valence-corrected chi connectivity index (χ4v) is 3.49. The molecule has 8 heteroatoms. The molecule has 0 saturated heterocycles. The van der Waals surface area contributed by atoms with Gasteiger partial charge in [-0.1, -0.05) is 12.1 Å². The molecule has 1 aliphatic rings. The molecule has 1 aromatic rings. The Hall–Kier alpha value is -1.20. The van der Waals surface area contributed by atoms with Crippen molar-refractivity contribution in [3.63, 3.8) is 0 Å². The summed E-state index contributed by atoms with van der Waals surface area (Å²) >= 11 is 5.68. The third-order valence-corrected chi connectivity index (χ3v) is 5.32. The van der Waals surface area contributed by atoms with E-state index in [-0.39, 0.29) is 44.3 Å². The number of carbonyl (C=O) groups is 2. The summed E-state index contributed by atoms with van der Waals surface area (Å²) in [5.41, 5.74) is 0.822. The van der Waals surface area contributed by atoms with Gasteiger partial charge in [-0.05, 0) is 30.3 Å². The van der Waals surface area contributed by atoms with Crippen LogP contribution in [-0.4, -0.2) is 49.2 Å². The van der Waals surface area contributed by atoms with Gasteiger partial charge in [0.15, 0.2) is 0 Å². The van der Waals surface area contributed by atoms with Crippen molar-refractivity contribution in [2.45, 2.75) is 6.92 Å². The van der Waals surface area contributed by atoms with E-state index in [0.717, 1.165) is 4.90 Å². The van der Waals surface area contributed by atoms with Crippen molar-refractivity contribution in [2.24, 2.45) is 0 Å². The first-order valence-electron chi connectivity index (χ1n) is 6.92. The lowest BCUT2D eigenvalue weighted by molar-refractivity contribution is 0.0574. The molecule has 1 heterocycles. The summed E-state index contributed by atoms with van der Waals surface area (Å²) in [5.74, 6) is -0.636. The zero-order valence-corrected chi connectivity index (χ0v) is 13.8. The Bertz CT molecular complexity index is 586. The van der Waals surface area contributed by atoms with Crippen molar-refractivity contribution in [1.29, 1.82) is 0 Å². The Morgan fingerprint density at radius 3 is 2.27 bits per heavy atom. The predicted octanol–water partition coefficient (Wildman–Crippen LogP) is 2.77. The molecule has 2 rings (SSSR count). The van der Waals surface area contributed by atoms with Gasteiger partial charge in [0.25, 0.3) is 18.5 Å². The van der Waals surface area contributed by atoms with Gasteiger partial charge in [0.05, 0.1) is 43.7 Å². The standard InChI is InChI=1S/C14H17ClNO5P/c1-2-21-22(15,19)10-9-20-8-7-16-13(17)11-5-3-4-6-12(11)14(16)18/h3-6H,2,7-10H2,1H3. The van der Waals surface area contributed by atoms with Crippen LogP contribution in [0.2, 0.25) is 0 Å². The quantitative estimate of drug-likeness (QED) is 0.411. The summed E-state index contributed by atoms with van der Waals surface area (Å²) in [5, 5.41) is 0. The number of hydrogen-bond acceptors (Lipinski definition) is 5. The van der Waals surface area contributed by atoms with Gasteiger partial charge in [0, 0.05) is 0 Å². The van der Waals surface area contributed by atoms with Crippen LogP contribution in [0.4, 0.5) is 0 Å². The monoisotopic (exact) mass is 345 g/mol. The van der Waals surface area contributed by atoms with Gasteiger partial charge in [-0.2, -0.15) is 0 Å². The number of benzene rings is 1. The van der Waals surface area contributed by atoms with Crippen molar-refractivity contribution in [2.75, 3.05) is 32.5 Å². The highest BCUT2D eigenvalue weighted by Crippen LogP contribution is 2.51. The molecular weight excluding hydrogens is 329 g/mol. The van der Waals surface area contributed by atoms with Crippen LogP contribution >= 0.6 is 18.0 Å². The predicted molar refractivity (Wildman–Crippen MR) is 82.6 cm³/mol. The van der Waals surface area contributed by atoms with Crippen LogP contribution in [0.1, 0.15) is 27.6 Å². The summed E-state index contributed by atoms with van der Waals surface area (Å²) in [6.07, 6.45) is 0.0878. The molecule has 6 nitrogen and oxygen atoms in total. The second-order valence-corrected chi connectivity index (χ2v) is 8.08. The number of rotatable bonds is 8. The Labute approximate surface area is 133 Å². The van der Waals surface area contributed by atoms with E-state index in [4.69, 9.17) is 20.5 Å². The molecule has 1 atom stereocenters. The fraction of sp³-hybridized carbons (Fsp3) is 0.429. The van der Waals surface area contributed by atoms with E-state index in [1.54, 1.807) is 31.2 Å². The maximum Gasteiger partial charge on any atom is 0.292 e. The van der Waals surface area contributed by atoms with E-state index in [0.29, 0.717) is 11.1 Å². The van der Waals surface area contributed by atoms with Gasteiger partial charge in [-0.15, -0.1) is 0 Å². The van der Waals surface area contributed by atoms with Crippen LogP contribution in [0.5, 0.6) is 0 Å². The van der Waals surface area contributed by atoms with Gasteiger partial charge in [-0.25, -0.2) is 0 Å². The Kier molecular flexibility index (Phi) is 5.75. The molecule has 2 amide bonds. The zero-order valence-electron chi connectivity index (χ0n) is 12.2. The number of carbonyl (C=O) groups excluding carboxylic acids is 2. The topological polar surface area (TPSA) is 72.9 Å². The van der Waals surface area contributed by atoms with Crippen molar-refractivity contribution in [3.8, 4) is 0 Å². The molecule has 0 radical (unpaired) electrons. The molecule has 0 spiro atoms. The summed E-state index contributed by atoms with van der Waals surface area (Å²) in [6, 6.07) is 6.69. The average Bonchev–Trinajstić information content (AvgIpc) is 2.72. The maximum absolute atomic E-state index is 12.1. The van der Waals surface area contributed by atoms with Crippen molar-refractivity contribution in [1.82, 2.24) is 4.90 Å². The maximum atomic E-state index is 12.1. The molecule has 1 aromatic carbocycles. The molecule has 0 saturated carbocycles. The number of nitrogens with zero attached hydrogens (tertiary/aromatic N) is 1. The molecule has 22 heavy (non-hydrogen) atoms. The average molecular weight is 346 g/mol. The molecule has 0 aromatic heterocycles. The summed E-state index contributed by atoms with van der Waals surface area (Å²) in [7, 11) is 0. The highest BCUT2D eigenvalue weighted by Gasteiger charge is 2.34. The number of fused-ring (bicyclic) bond motifs is 1. The Morgan fingerprint density at radius 2 is 1.73 bits per heavy atom. The van der Waals surface area contributed by atoms with Gasteiger partial charge in [0.1, 0.15) is 0 Å². The lowest BCUT2D eigenvalue weighted by Gasteiger charge is -2.14. The summed E-state index contributed by atoms with van der Waals surface area (Å²) in [4.78, 5) is 25.3. The first-order valence-corrected chi connectivity index (χ1v) is 9.64. The number of hydrogen-bond donors (Lipinski definition) is 0. The van der Waals surface area contributed by atoms with Crippen LogP contribution in [0, 0.1) is 0 Å². The zero-order chi connectivity index (χ0) is 16.2. The molecule has 0 bridgehead atoms. The number of imide groups is 1. The second-order valence-electron chi connectivity index (χ2n) is 4.65. The Morgan fingerprint density at radius 1 is 1.14 bits per heavy atom. The fourth-order valence-electron chi connectivity index (χ4n) is 2.13. The SMILES string of the molecule is CCOP(=O)(Cl)CCOCCN1C(=O)c2ccccc2C1=O. The molecule has 0 aliphatic carbocycles. The van der Waals surface area contributed by atoms with E-state index in [2.05, 4.69) is 0 Å². The van der Waals surface area contributed by atoms with Gasteiger partial charge in [0.2, 0.25) is 0 Å². The molecule has 0 N–H and O–H groups in total. The van der Waals surface area contributed by atoms with E-state index in [1.165, 1.54) is 0 Å². The van der Waals surface area contributed by atoms with Crippen LogP contribution in [0.3, 0.4) is 0 Å². The van der Waals surface area contributed by atoms with Crippen molar-refractivity contribution < 1.29 is 23.4 Å². The highest BCUT2D eigenvalue weighted by molar-refractivity contribution is 7.85. The van der Waals surface area contributed by atoms with E-state index in [9.17, 15) is 14.2 Å². The molecule has 1 unspecified atom stereocenters. The van der Waals surface area contributed by atoms with Crippen LogP contribution in [0.25, 0.3) is 0 Å². The number of amides is 2. The lowest BCUT2D eigenvalue weighted by Crippen LogP contribution is -2.33. The molecular formula is C14H17ClNO5P. The van der Waals surface area contributed by atoms with Gasteiger partial charge >= 0.3 is 0 Å². The molecule has 0 fully saturated rings. The second kappa shape index (κ2) is 7.38. The number of halogens is 1. The van der Waals surface area contributed by atoms with Crippen molar-refractivity contribution >= 4 is 29.8 Å². The van der Waals surface area contributed by atoms with Crippen LogP contribution in [-0.2, 0) is 13.8 Å². The third kappa shape index (κ3) is 3.96. The van der Waals surface area contributed by atoms with Gasteiger partial charge < -0.3 is 9.26 Å². The minimum Gasteiger partial charge on any atom is -0.379 e. The first kappa shape index (κ1) is 17.2. The van der Waals surface area contributed by atoms with Crippen LogP contribution in [0.15, 0.2) is 24.3 Å². The lowest BCUT2D eigenvalue weighted by atomic mass is 10.1. The highest BCUT2D eigenvalue weighted by atomic mass is 35.7. The Balaban J connectivity index is 1.78. The molecule has 120 valence electrons. The number of ether oxygens (including phenoxy) is 1. The van der Waals surface area contributed by atoms with E-state index in [1.807, 2.05) is 0 Å². The normalized spacial score (nSPS) is 16.7. The molecule has 1 aliphatic heterocycles. The first-order chi connectivity index (χ1) is 10.5. The largest absolute Gasteiger partial charge is 0.379 e. The van der Waals surface area contributed by atoms with E-state index >= 15 is 0 Å². The van der Waals surface area contributed by atoms with Gasteiger partial charge in [-0.3, -0.25) is 19.1 Å². The van der Waals surface area contributed by atoms with Crippen LogP contribution < -0.4 is 0 Å². The smallest absolute Gasteiger partial charge is 0.292 e. The van der Waals surface area contributed by atoms with Crippen molar-refractivity contribution in [3.05, 3.63) is 35.4 Å². The van der Waals surface area contributed by atoms with E-state index < -0.39 is 6.72 Å². The minimum absolute atomic E-state index is 0.0878.